The Bertz CT molecular complexity index is 166. The molecular weight excluding hydrogens is 156 g/mol. The molecule has 4 heteroatoms. The average molecular weight is 172 g/mol. The number of ether oxygens (including phenoxy) is 1. The van der Waals surface area contributed by atoms with Gasteiger partial charge in [-0.25, -0.2) is 0 Å². The Balaban J connectivity index is 0.000000202. The maximum absolute atomic E-state index is 10.1. The molecule has 0 bridgehead atoms. The summed E-state index contributed by atoms with van der Waals surface area (Å²) in [4.78, 5) is 13.6. The van der Waals surface area contributed by atoms with E-state index < -0.39 is 0 Å². The lowest BCUT2D eigenvalue weighted by molar-refractivity contribution is -0.126. The van der Waals surface area contributed by atoms with Gasteiger partial charge in [-0.15, -0.1) is 0 Å². The fourth-order valence-electron chi connectivity index (χ4n) is 0.351. The molecule has 0 aromatic heterocycles. The van der Waals surface area contributed by atoms with E-state index in [1.165, 1.54) is 11.8 Å². The molecule has 12 heavy (non-hydrogen) atoms. The van der Waals surface area contributed by atoms with E-state index in [9.17, 15) is 4.79 Å². The van der Waals surface area contributed by atoms with Crippen LogP contribution in [0.1, 0.15) is 6.92 Å². The lowest BCUT2D eigenvalue weighted by Crippen LogP contribution is -2.17. The number of nitrogens with zero attached hydrogens (tertiary/aromatic N) is 2. The first-order chi connectivity index (χ1) is 5.54. The van der Waals surface area contributed by atoms with Crippen molar-refractivity contribution in [1.29, 1.82) is 0 Å². The summed E-state index contributed by atoms with van der Waals surface area (Å²) >= 11 is 0. The number of carbonyl (C=O) groups excluding carboxylic acids is 1. The molecule has 0 N–H and O–H groups in total. The number of hydrogen-bond donors (Lipinski definition) is 0. The Labute approximate surface area is 73.4 Å². The highest BCUT2D eigenvalue weighted by Crippen LogP contribution is 1.93. The van der Waals surface area contributed by atoms with Crippen molar-refractivity contribution in [2.45, 2.75) is 6.92 Å². The van der Waals surface area contributed by atoms with Crippen LogP contribution in [0.4, 0.5) is 0 Å². The normalized spacial score (nSPS) is 13.2. The molecule has 0 saturated heterocycles. The second-order valence-corrected chi connectivity index (χ2v) is 2.75. The van der Waals surface area contributed by atoms with E-state index in [4.69, 9.17) is 4.74 Å². The van der Waals surface area contributed by atoms with Crippen molar-refractivity contribution in [3.63, 3.8) is 0 Å². The van der Waals surface area contributed by atoms with Crippen LogP contribution in [0, 0.1) is 0 Å². The van der Waals surface area contributed by atoms with Gasteiger partial charge in [-0.05, 0) is 0 Å². The number of amides is 1. The predicted molar refractivity (Wildman–Crippen MR) is 47.2 cm³/mol. The third-order valence-corrected chi connectivity index (χ3v) is 1.32. The Morgan fingerprint density at radius 3 is 2.17 bits per heavy atom. The van der Waals surface area contributed by atoms with Gasteiger partial charge in [0.1, 0.15) is 6.26 Å². The summed E-state index contributed by atoms with van der Waals surface area (Å²) in [5.41, 5.74) is 0. The molecule has 0 unspecified atom stereocenters. The van der Waals surface area contributed by atoms with Gasteiger partial charge in [-0.3, -0.25) is 4.79 Å². The molecule has 1 amide bonds. The largest absolute Gasteiger partial charge is 0.479 e. The van der Waals surface area contributed by atoms with Gasteiger partial charge >= 0.3 is 0 Å². The van der Waals surface area contributed by atoms with Crippen LogP contribution in [0.2, 0.25) is 0 Å². The SMILES string of the molecule is CC(=O)N(C)C.CN1C=COC1. The van der Waals surface area contributed by atoms with E-state index in [-0.39, 0.29) is 5.91 Å². The number of carbonyl (C=O) groups is 1. The molecule has 1 heterocycles. The zero-order chi connectivity index (χ0) is 9.56. The topological polar surface area (TPSA) is 32.8 Å². The molecule has 1 aliphatic rings. The van der Waals surface area contributed by atoms with Gasteiger partial charge in [0.05, 0.1) is 0 Å². The van der Waals surface area contributed by atoms with E-state index >= 15 is 0 Å². The number of hydrogen-bond acceptors (Lipinski definition) is 3. The average Bonchev–Trinajstić information content (AvgIpc) is 2.40. The van der Waals surface area contributed by atoms with E-state index in [0.29, 0.717) is 6.73 Å². The van der Waals surface area contributed by atoms with Crippen LogP contribution in [-0.4, -0.2) is 43.6 Å². The van der Waals surface area contributed by atoms with Crippen LogP contribution >= 0.6 is 0 Å². The Kier molecular flexibility index (Phi) is 4.92. The minimum absolute atomic E-state index is 0.0926. The Hall–Kier alpha value is -1.19. The fraction of sp³-hybridized carbons (Fsp3) is 0.625. The van der Waals surface area contributed by atoms with Crippen molar-refractivity contribution < 1.29 is 9.53 Å². The predicted octanol–water partition coefficient (Wildman–Crippen LogP) is 0.472. The quantitative estimate of drug-likeness (QED) is 0.532. The van der Waals surface area contributed by atoms with E-state index in [2.05, 4.69) is 0 Å². The van der Waals surface area contributed by atoms with Gasteiger partial charge in [0.15, 0.2) is 6.73 Å². The van der Waals surface area contributed by atoms with Crippen LogP contribution in [0.15, 0.2) is 12.5 Å². The van der Waals surface area contributed by atoms with Crippen LogP contribution in [0.25, 0.3) is 0 Å². The van der Waals surface area contributed by atoms with Gasteiger partial charge in [0, 0.05) is 34.3 Å². The molecule has 0 aliphatic carbocycles. The maximum Gasteiger partial charge on any atom is 0.218 e. The van der Waals surface area contributed by atoms with Crippen molar-refractivity contribution in [2.24, 2.45) is 0 Å². The molecular formula is C8H16N2O2. The first-order valence-electron chi connectivity index (χ1n) is 3.70. The van der Waals surface area contributed by atoms with Crippen molar-refractivity contribution in [3.8, 4) is 0 Å². The standard InChI is InChI=1S/C4H7NO.C4H9NO/c1-5-2-3-6-4-5;1-4(6)5(2)3/h2-3H,4H2,1H3;1-3H3. The number of rotatable bonds is 0. The molecule has 0 radical (unpaired) electrons. The van der Waals surface area contributed by atoms with Gasteiger partial charge in [0.2, 0.25) is 5.91 Å². The van der Waals surface area contributed by atoms with Crippen LogP contribution in [0.3, 0.4) is 0 Å². The molecule has 1 aliphatic heterocycles. The van der Waals surface area contributed by atoms with Crippen molar-refractivity contribution >= 4 is 5.91 Å². The molecule has 0 aromatic rings. The van der Waals surface area contributed by atoms with Crippen LogP contribution in [0.5, 0.6) is 0 Å². The lowest BCUT2D eigenvalue weighted by atomic mass is 10.7. The van der Waals surface area contributed by atoms with Crippen LogP contribution in [-0.2, 0) is 9.53 Å². The fourth-order valence-corrected chi connectivity index (χ4v) is 0.351. The molecule has 4 nitrogen and oxygen atoms in total. The van der Waals surface area contributed by atoms with E-state index in [0.717, 1.165) is 0 Å². The highest BCUT2D eigenvalue weighted by atomic mass is 16.5. The Morgan fingerprint density at radius 2 is 2.08 bits per heavy atom. The van der Waals surface area contributed by atoms with Gasteiger partial charge in [-0.1, -0.05) is 0 Å². The summed E-state index contributed by atoms with van der Waals surface area (Å²) in [7, 11) is 5.41. The summed E-state index contributed by atoms with van der Waals surface area (Å²) in [6, 6.07) is 0. The first kappa shape index (κ1) is 10.8. The minimum atomic E-state index is 0.0926. The monoisotopic (exact) mass is 172 g/mol. The molecule has 0 saturated carbocycles. The second-order valence-electron chi connectivity index (χ2n) is 2.75. The zero-order valence-corrected chi connectivity index (χ0v) is 8.07. The van der Waals surface area contributed by atoms with E-state index in [1.807, 2.05) is 18.1 Å². The molecule has 0 aromatic carbocycles. The zero-order valence-electron chi connectivity index (χ0n) is 8.07. The lowest BCUT2D eigenvalue weighted by Gasteiger charge is -2.02. The highest BCUT2D eigenvalue weighted by molar-refractivity contribution is 5.72. The van der Waals surface area contributed by atoms with Gasteiger partial charge in [-0.2, -0.15) is 0 Å². The smallest absolute Gasteiger partial charge is 0.218 e. The third-order valence-electron chi connectivity index (χ3n) is 1.32. The minimum Gasteiger partial charge on any atom is -0.479 e. The highest BCUT2D eigenvalue weighted by Gasteiger charge is 1.92. The first-order valence-corrected chi connectivity index (χ1v) is 3.70. The summed E-state index contributed by atoms with van der Waals surface area (Å²) in [5.74, 6) is 0.0926. The summed E-state index contributed by atoms with van der Waals surface area (Å²) in [5, 5.41) is 0. The molecule has 70 valence electrons. The molecule has 1 rings (SSSR count). The van der Waals surface area contributed by atoms with Gasteiger partial charge in [0.25, 0.3) is 0 Å². The molecule has 0 fully saturated rings. The summed E-state index contributed by atoms with van der Waals surface area (Å²) in [6.45, 7) is 2.24. The third kappa shape index (κ3) is 5.58. The molecule has 0 spiro atoms. The van der Waals surface area contributed by atoms with Gasteiger partial charge < -0.3 is 14.5 Å². The molecule has 0 atom stereocenters. The Morgan fingerprint density at radius 1 is 1.58 bits per heavy atom. The van der Waals surface area contributed by atoms with Crippen molar-refractivity contribution in [3.05, 3.63) is 12.5 Å². The van der Waals surface area contributed by atoms with Crippen molar-refractivity contribution in [1.82, 2.24) is 9.80 Å². The van der Waals surface area contributed by atoms with Crippen LogP contribution < -0.4 is 0 Å². The second kappa shape index (κ2) is 5.46. The van der Waals surface area contributed by atoms with E-state index in [1.54, 1.807) is 20.4 Å². The summed E-state index contributed by atoms with van der Waals surface area (Å²) in [6.07, 6.45) is 3.57. The maximum atomic E-state index is 10.1. The van der Waals surface area contributed by atoms with Crippen molar-refractivity contribution in [2.75, 3.05) is 27.9 Å². The summed E-state index contributed by atoms with van der Waals surface area (Å²) < 4.78 is 4.80.